The summed E-state index contributed by atoms with van der Waals surface area (Å²) in [7, 11) is 3.27. The smallest absolute Gasteiger partial charge is 0.224 e. The molecule has 0 atom stereocenters. The van der Waals surface area contributed by atoms with Gasteiger partial charge in [0.05, 0.1) is 12.8 Å². The first-order chi connectivity index (χ1) is 10.2. The highest BCUT2D eigenvalue weighted by Crippen LogP contribution is 2.17. The highest BCUT2D eigenvalue weighted by atomic mass is 19.1. The molecular weight excluding hydrogens is 275 g/mol. The van der Waals surface area contributed by atoms with Crippen molar-refractivity contribution in [1.29, 1.82) is 0 Å². The Morgan fingerprint density at radius 2 is 2.00 bits per heavy atom. The molecule has 1 aromatic heterocycles. The lowest BCUT2D eigenvalue weighted by molar-refractivity contribution is 0.190. The highest BCUT2D eigenvalue weighted by molar-refractivity contribution is 5.43. The van der Waals surface area contributed by atoms with Gasteiger partial charge in [-0.25, -0.2) is 9.37 Å². The summed E-state index contributed by atoms with van der Waals surface area (Å²) in [6.07, 6.45) is 2.95. The number of methoxy groups -OCH3 is 2. The molecule has 1 heterocycles. The summed E-state index contributed by atoms with van der Waals surface area (Å²) in [4.78, 5) is 10.1. The fraction of sp³-hybridized carbons (Fsp3) is 0.714. The minimum absolute atomic E-state index is 0.303. The van der Waals surface area contributed by atoms with Crippen molar-refractivity contribution in [3.8, 4) is 0 Å². The van der Waals surface area contributed by atoms with Gasteiger partial charge in [-0.2, -0.15) is 4.98 Å². The van der Waals surface area contributed by atoms with Gasteiger partial charge < -0.3 is 19.7 Å². The Morgan fingerprint density at radius 3 is 2.67 bits per heavy atom. The summed E-state index contributed by atoms with van der Waals surface area (Å²) < 4.78 is 24.1. The predicted octanol–water partition coefficient (Wildman–Crippen LogP) is 1.93. The van der Waals surface area contributed by atoms with E-state index in [-0.39, 0.29) is 0 Å². The van der Waals surface area contributed by atoms with Crippen molar-refractivity contribution in [2.45, 2.75) is 19.8 Å². The molecule has 1 aromatic rings. The summed E-state index contributed by atoms with van der Waals surface area (Å²) in [5.41, 5.74) is 0. The van der Waals surface area contributed by atoms with Gasteiger partial charge in [0.15, 0.2) is 11.6 Å². The Morgan fingerprint density at radius 1 is 1.24 bits per heavy atom. The van der Waals surface area contributed by atoms with Gasteiger partial charge in [0.1, 0.15) is 0 Å². The predicted molar refractivity (Wildman–Crippen MR) is 81.4 cm³/mol. The van der Waals surface area contributed by atoms with E-state index in [1.54, 1.807) is 14.2 Å². The van der Waals surface area contributed by atoms with Gasteiger partial charge in [-0.1, -0.05) is 6.92 Å². The van der Waals surface area contributed by atoms with E-state index >= 15 is 0 Å². The normalized spacial score (nSPS) is 10.7. The lowest BCUT2D eigenvalue weighted by Crippen LogP contribution is -2.31. The van der Waals surface area contributed by atoms with Crippen molar-refractivity contribution in [3.05, 3.63) is 12.0 Å². The van der Waals surface area contributed by atoms with Gasteiger partial charge in [-0.05, 0) is 12.8 Å². The fourth-order valence-electron chi connectivity index (χ4n) is 1.83. The van der Waals surface area contributed by atoms with Gasteiger partial charge in [-0.3, -0.25) is 0 Å². The third-order valence-electron chi connectivity index (χ3n) is 2.90. The Kier molecular flexibility index (Phi) is 8.61. The molecule has 6 nitrogen and oxygen atoms in total. The molecule has 0 aliphatic heterocycles. The maximum atomic E-state index is 14.0. The van der Waals surface area contributed by atoms with Crippen LogP contribution < -0.4 is 10.2 Å². The SMILES string of the molecule is CCCNc1ncc(F)c(N(CCCOC)CCOC)n1. The minimum Gasteiger partial charge on any atom is -0.385 e. The Hall–Kier alpha value is -1.47. The van der Waals surface area contributed by atoms with Crippen molar-refractivity contribution < 1.29 is 13.9 Å². The fourth-order valence-corrected chi connectivity index (χ4v) is 1.83. The number of nitrogens with zero attached hydrogens (tertiary/aromatic N) is 3. The Balaban J connectivity index is 2.81. The van der Waals surface area contributed by atoms with E-state index in [0.717, 1.165) is 19.4 Å². The van der Waals surface area contributed by atoms with Crippen LogP contribution in [0.5, 0.6) is 0 Å². The third-order valence-corrected chi connectivity index (χ3v) is 2.90. The first-order valence-corrected chi connectivity index (χ1v) is 7.22. The second kappa shape index (κ2) is 10.3. The molecule has 0 aliphatic rings. The molecule has 1 rings (SSSR count). The number of anilines is 2. The van der Waals surface area contributed by atoms with Gasteiger partial charge in [0.2, 0.25) is 5.95 Å². The van der Waals surface area contributed by atoms with Crippen LogP contribution in [0.2, 0.25) is 0 Å². The van der Waals surface area contributed by atoms with E-state index in [9.17, 15) is 4.39 Å². The molecule has 0 radical (unpaired) electrons. The summed E-state index contributed by atoms with van der Waals surface area (Å²) in [6.45, 7) is 5.16. The average molecular weight is 300 g/mol. The van der Waals surface area contributed by atoms with E-state index in [2.05, 4.69) is 15.3 Å². The number of ether oxygens (including phenoxy) is 2. The summed E-state index contributed by atoms with van der Waals surface area (Å²) in [5.74, 6) is 0.324. The maximum Gasteiger partial charge on any atom is 0.224 e. The summed E-state index contributed by atoms with van der Waals surface area (Å²) in [5, 5.41) is 3.07. The number of aromatic nitrogens is 2. The zero-order valence-corrected chi connectivity index (χ0v) is 13.1. The average Bonchev–Trinajstić information content (AvgIpc) is 2.50. The quantitative estimate of drug-likeness (QED) is 0.630. The van der Waals surface area contributed by atoms with Crippen LogP contribution in [0, 0.1) is 5.82 Å². The van der Waals surface area contributed by atoms with E-state index in [4.69, 9.17) is 9.47 Å². The Bertz CT molecular complexity index is 407. The van der Waals surface area contributed by atoms with Gasteiger partial charge in [0, 0.05) is 40.5 Å². The largest absolute Gasteiger partial charge is 0.385 e. The molecule has 0 spiro atoms. The number of nitrogens with one attached hydrogen (secondary N) is 1. The topological polar surface area (TPSA) is 59.5 Å². The van der Waals surface area contributed by atoms with Crippen molar-refractivity contribution in [3.63, 3.8) is 0 Å². The van der Waals surface area contributed by atoms with Crippen LogP contribution >= 0.6 is 0 Å². The molecule has 0 amide bonds. The number of halogens is 1. The van der Waals surface area contributed by atoms with Crippen LogP contribution in [0.1, 0.15) is 19.8 Å². The molecule has 0 fully saturated rings. The number of rotatable bonds is 11. The molecule has 0 aromatic carbocycles. The van der Waals surface area contributed by atoms with E-state index < -0.39 is 5.82 Å². The molecule has 0 bridgehead atoms. The van der Waals surface area contributed by atoms with Crippen LogP contribution in [-0.4, -0.2) is 57.0 Å². The van der Waals surface area contributed by atoms with E-state index in [1.165, 1.54) is 6.20 Å². The van der Waals surface area contributed by atoms with Gasteiger partial charge >= 0.3 is 0 Å². The molecule has 120 valence electrons. The van der Waals surface area contributed by atoms with Crippen LogP contribution in [-0.2, 0) is 9.47 Å². The zero-order chi connectivity index (χ0) is 15.5. The second-order valence-corrected chi connectivity index (χ2v) is 4.62. The molecule has 0 saturated carbocycles. The summed E-state index contributed by atoms with van der Waals surface area (Å²) in [6, 6.07) is 0. The van der Waals surface area contributed by atoms with Crippen LogP contribution in [0.25, 0.3) is 0 Å². The lowest BCUT2D eigenvalue weighted by Gasteiger charge is -2.24. The molecular formula is C14H25FN4O2. The van der Waals surface area contributed by atoms with E-state index in [0.29, 0.717) is 38.1 Å². The monoisotopic (exact) mass is 300 g/mol. The standard InChI is InChI=1S/C14H25FN4O2/c1-4-6-16-14-17-11-12(15)13(18-14)19(8-10-21-3)7-5-9-20-2/h11H,4-10H2,1-3H3,(H,16,17,18). The lowest BCUT2D eigenvalue weighted by atomic mass is 10.3. The van der Waals surface area contributed by atoms with E-state index in [1.807, 2.05) is 11.8 Å². The van der Waals surface area contributed by atoms with Gasteiger partial charge in [-0.15, -0.1) is 0 Å². The first-order valence-electron chi connectivity index (χ1n) is 7.22. The van der Waals surface area contributed by atoms with Gasteiger partial charge in [0.25, 0.3) is 0 Å². The summed E-state index contributed by atoms with van der Waals surface area (Å²) >= 11 is 0. The number of hydrogen-bond acceptors (Lipinski definition) is 6. The van der Waals surface area contributed by atoms with Crippen molar-refractivity contribution in [1.82, 2.24) is 9.97 Å². The maximum absolute atomic E-state index is 14.0. The van der Waals surface area contributed by atoms with Crippen LogP contribution in [0.15, 0.2) is 6.20 Å². The van der Waals surface area contributed by atoms with Crippen molar-refractivity contribution in [2.75, 3.05) is 57.3 Å². The highest BCUT2D eigenvalue weighted by Gasteiger charge is 2.14. The zero-order valence-electron chi connectivity index (χ0n) is 13.1. The van der Waals surface area contributed by atoms with Crippen LogP contribution in [0.4, 0.5) is 16.2 Å². The molecule has 0 aliphatic carbocycles. The van der Waals surface area contributed by atoms with Crippen molar-refractivity contribution in [2.24, 2.45) is 0 Å². The second-order valence-electron chi connectivity index (χ2n) is 4.62. The first kappa shape index (κ1) is 17.6. The molecule has 7 heteroatoms. The Labute approximate surface area is 125 Å². The number of hydrogen-bond donors (Lipinski definition) is 1. The molecule has 1 N–H and O–H groups in total. The molecule has 21 heavy (non-hydrogen) atoms. The minimum atomic E-state index is -0.425. The third kappa shape index (κ3) is 6.22. The molecule has 0 unspecified atom stereocenters. The molecule has 0 saturated heterocycles. The van der Waals surface area contributed by atoms with Crippen molar-refractivity contribution >= 4 is 11.8 Å². The van der Waals surface area contributed by atoms with Crippen LogP contribution in [0.3, 0.4) is 0 Å².